The van der Waals surface area contributed by atoms with Crippen molar-refractivity contribution in [1.82, 2.24) is 5.43 Å². The van der Waals surface area contributed by atoms with Crippen molar-refractivity contribution in [2.75, 3.05) is 20.3 Å². The van der Waals surface area contributed by atoms with E-state index in [0.29, 0.717) is 12.4 Å². The molecule has 0 radical (unpaired) electrons. The molecule has 0 spiro atoms. The van der Waals surface area contributed by atoms with Crippen LogP contribution in [-0.2, 0) is 4.74 Å². The van der Waals surface area contributed by atoms with Gasteiger partial charge in [0.05, 0.1) is 19.8 Å². The minimum atomic E-state index is -0.292. The average Bonchev–Trinajstić information content (AvgIpc) is 2.84. The lowest BCUT2D eigenvalue weighted by atomic mass is 9.92. The number of hydrogen-bond donors (Lipinski definition) is 2. The Kier molecular flexibility index (Phi) is 3.93. The molecule has 1 aliphatic heterocycles. The fourth-order valence-electron chi connectivity index (χ4n) is 2.24. The maximum Gasteiger partial charge on any atom is 0.123 e. The highest BCUT2D eigenvalue weighted by Gasteiger charge is 2.28. The van der Waals surface area contributed by atoms with Crippen LogP contribution in [0.4, 0.5) is 4.39 Å². The van der Waals surface area contributed by atoms with Crippen molar-refractivity contribution in [2.45, 2.75) is 12.5 Å². The van der Waals surface area contributed by atoms with Gasteiger partial charge < -0.3 is 9.47 Å². The van der Waals surface area contributed by atoms with Crippen molar-refractivity contribution in [2.24, 2.45) is 11.8 Å². The zero-order valence-corrected chi connectivity index (χ0v) is 9.78. The Morgan fingerprint density at radius 2 is 2.41 bits per heavy atom. The lowest BCUT2D eigenvalue weighted by Gasteiger charge is -2.23. The SMILES string of the molecule is COc1ccc(F)cc1C(NN)C1CCOC1. The van der Waals surface area contributed by atoms with E-state index in [1.165, 1.54) is 12.1 Å². The number of nitrogens with two attached hydrogens (primary N) is 1. The van der Waals surface area contributed by atoms with Crippen molar-refractivity contribution in [3.8, 4) is 5.75 Å². The highest BCUT2D eigenvalue weighted by Crippen LogP contribution is 2.33. The largest absolute Gasteiger partial charge is 0.496 e. The minimum absolute atomic E-state index is 0.150. The predicted molar refractivity (Wildman–Crippen MR) is 61.9 cm³/mol. The molecule has 5 heteroatoms. The van der Waals surface area contributed by atoms with Gasteiger partial charge in [0.2, 0.25) is 0 Å². The summed E-state index contributed by atoms with van der Waals surface area (Å²) >= 11 is 0. The van der Waals surface area contributed by atoms with Crippen molar-refractivity contribution in [3.63, 3.8) is 0 Å². The zero-order chi connectivity index (χ0) is 12.3. The van der Waals surface area contributed by atoms with Crippen LogP contribution in [0.5, 0.6) is 5.75 Å². The summed E-state index contributed by atoms with van der Waals surface area (Å²) in [5.41, 5.74) is 3.48. The molecule has 1 saturated heterocycles. The second-order valence-electron chi connectivity index (χ2n) is 4.15. The monoisotopic (exact) mass is 240 g/mol. The second-order valence-corrected chi connectivity index (χ2v) is 4.15. The molecular formula is C12H17FN2O2. The van der Waals surface area contributed by atoms with Crippen molar-refractivity contribution < 1.29 is 13.9 Å². The maximum absolute atomic E-state index is 13.3. The highest BCUT2D eigenvalue weighted by molar-refractivity contribution is 5.37. The number of methoxy groups -OCH3 is 1. The normalized spacial score (nSPS) is 21.5. The van der Waals surface area contributed by atoms with Gasteiger partial charge in [-0.3, -0.25) is 11.3 Å². The summed E-state index contributed by atoms with van der Waals surface area (Å²) in [6.07, 6.45) is 0.911. The summed E-state index contributed by atoms with van der Waals surface area (Å²) in [6.45, 7) is 1.36. The molecule has 0 aliphatic carbocycles. The Morgan fingerprint density at radius 3 is 3.00 bits per heavy atom. The van der Waals surface area contributed by atoms with Gasteiger partial charge in [-0.2, -0.15) is 0 Å². The van der Waals surface area contributed by atoms with Gasteiger partial charge in [0.25, 0.3) is 0 Å². The molecule has 1 fully saturated rings. The third-order valence-electron chi connectivity index (χ3n) is 3.14. The van der Waals surface area contributed by atoms with E-state index >= 15 is 0 Å². The zero-order valence-electron chi connectivity index (χ0n) is 9.78. The Balaban J connectivity index is 2.31. The quantitative estimate of drug-likeness (QED) is 0.616. The molecule has 0 bridgehead atoms. The average molecular weight is 240 g/mol. The molecule has 94 valence electrons. The summed E-state index contributed by atoms with van der Waals surface area (Å²) in [6, 6.07) is 4.30. The number of rotatable bonds is 4. The number of benzene rings is 1. The third kappa shape index (κ3) is 2.57. The maximum atomic E-state index is 13.3. The van der Waals surface area contributed by atoms with Gasteiger partial charge in [-0.25, -0.2) is 4.39 Å². The number of nitrogens with one attached hydrogen (secondary N) is 1. The van der Waals surface area contributed by atoms with Crippen LogP contribution in [0.1, 0.15) is 18.0 Å². The minimum Gasteiger partial charge on any atom is -0.496 e. The van der Waals surface area contributed by atoms with E-state index in [4.69, 9.17) is 15.3 Å². The molecule has 0 aromatic heterocycles. The van der Waals surface area contributed by atoms with Gasteiger partial charge in [0.15, 0.2) is 0 Å². The summed E-state index contributed by atoms with van der Waals surface area (Å²) in [4.78, 5) is 0. The lowest BCUT2D eigenvalue weighted by molar-refractivity contribution is 0.176. The molecule has 1 aromatic rings. The van der Waals surface area contributed by atoms with E-state index in [-0.39, 0.29) is 17.8 Å². The summed E-state index contributed by atoms with van der Waals surface area (Å²) < 4.78 is 23.9. The van der Waals surface area contributed by atoms with E-state index in [9.17, 15) is 4.39 Å². The fraction of sp³-hybridized carbons (Fsp3) is 0.500. The van der Waals surface area contributed by atoms with E-state index in [2.05, 4.69) is 5.43 Å². The van der Waals surface area contributed by atoms with Gasteiger partial charge in [0, 0.05) is 18.1 Å². The second kappa shape index (κ2) is 5.44. The number of hydrogen-bond acceptors (Lipinski definition) is 4. The van der Waals surface area contributed by atoms with Crippen LogP contribution in [0.2, 0.25) is 0 Å². The number of halogens is 1. The van der Waals surface area contributed by atoms with E-state index < -0.39 is 0 Å². The van der Waals surface area contributed by atoms with Gasteiger partial charge >= 0.3 is 0 Å². The third-order valence-corrected chi connectivity index (χ3v) is 3.14. The fourth-order valence-corrected chi connectivity index (χ4v) is 2.24. The Bertz CT molecular complexity index is 381. The van der Waals surface area contributed by atoms with Gasteiger partial charge in [0.1, 0.15) is 11.6 Å². The van der Waals surface area contributed by atoms with E-state index in [0.717, 1.165) is 18.6 Å². The summed E-state index contributed by atoms with van der Waals surface area (Å²) in [7, 11) is 1.56. The van der Waals surface area contributed by atoms with Crippen LogP contribution < -0.4 is 16.0 Å². The topological polar surface area (TPSA) is 56.5 Å². The summed E-state index contributed by atoms with van der Waals surface area (Å²) in [5.74, 6) is 6.17. The van der Waals surface area contributed by atoms with Crippen molar-refractivity contribution in [1.29, 1.82) is 0 Å². The Morgan fingerprint density at radius 1 is 1.59 bits per heavy atom. The van der Waals surface area contributed by atoms with Crippen LogP contribution in [-0.4, -0.2) is 20.3 Å². The van der Waals surface area contributed by atoms with Gasteiger partial charge in [-0.1, -0.05) is 0 Å². The molecular weight excluding hydrogens is 223 g/mol. The molecule has 1 heterocycles. The van der Waals surface area contributed by atoms with E-state index in [1.54, 1.807) is 13.2 Å². The highest BCUT2D eigenvalue weighted by atomic mass is 19.1. The van der Waals surface area contributed by atoms with Crippen LogP contribution in [0, 0.1) is 11.7 Å². The first-order valence-corrected chi connectivity index (χ1v) is 5.63. The van der Waals surface area contributed by atoms with Crippen molar-refractivity contribution >= 4 is 0 Å². The first-order valence-electron chi connectivity index (χ1n) is 5.63. The van der Waals surface area contributed by atoms with Crippen LogP contribution in [0.15, 0.2) is 18.2 Å². The molecule has 2 rings (SSSR count). The predicted octanol–water partition coefficient (Wildman–Crippen LogP) is 1.38. The van der Waals surface area contributed by atoms with Gasteiger partial charge in [-0.15, -0.1) is 0 Å². The smallest absolute Gasteiger partial charge is 0.123 e. The molecule has 0 saturated carbocycles. The molecule has 2 unspecified atom stereocenters. The van der Waals surface area contributed by atoms with Gasteiger partial charge in [-0.05, 0) is 24.6 Å². The molecule has 17 heavy (non-hydrogen) atoms. The molecule has 0 amide bonds. The van der Waals surface area contributed by atoms with Crippen LogP contribution >= 0.6 is 0 Å². The first kappa shape index (κ1) is 12.3. The molecule has 3 N–H and O–H groups in total. The number of hydrazine groups is 1. The van der Waals surface area contributed by atoms with Crippen molar-refractivity contribution in [3.05, 3.63) is 29.6 Å². The molecule has 1 aliphatic rings. The standard InChI is InChI=1S/C12H17FN2O2/c1-16-11-3-2-9(13)6-10(11)12(15-14)8-4-5-17-7-8/h2-3,6,8,12,15H,4-5,7,14H2,1H3. The lowest BCUT2D eigenvalue weighted by Crippen LogP contribution is -2.34. The summed E-state index contributed by atoms with van der Waals surface area (Å²) in [5, 5.41) is 0. The van der Waals surface area contributed by atoms with E-state index in [1.807, 2.05) is 0 Å². The van der Waals surface area contributed by atoms with Crippen LogP contribution in [0.25, 0.3) is 0 Å². The Hall–Kier alpha value is -1.17. The Labute approximate surface area is 99.9 Å². The van der Waals surface area contributed by atoms with Crippen LogP contribution in [0.3, 0.4) is 0 Å². The number of ether oxygens (including phenoxy) is 2. The molecule has 4 nitrogen and oxygen atoms in total. The molecule has 1 aromatic carbocycles. The first-order chi connectivity index (χ1) is 8.26. The molecule has 2 atom stereocenters.